The van der Waals surface area contributed by atoms with E-state index in [4.69, 9.17) is 11.6 Å². The summed E-state index contributed by atoms with van der Waals surface area (Å²) >= 11 is 6.02. The molecule has 1 saturated carbocycles. The van der Waals surface area contributed by atoms with E-state index in [-0.39, 0.29) is 0 Å². The lowest BCUT2D eigenvalue weighted by molar-refractivity contribution is 0.325. The normalized spacial score (nSPS) is 16.2. The summed E-state index contributed by atoms with van der Waals surface area (Å²) in [6.45, 7) is 5.81. The summed E-state index contributed by atoms with van der Waals surface area (Å²) in [6, 6.07) is 9.04. The molecule has 0 amide bonds. The molecular weight excluding hydrogens is 230 g/mol. The van der Waals surface area contributed by atoms with Crippen LogP contribution < -0.4 is 5.32 Å². The minimum Gasteiger partial charge on any atom is -0.314 e. The Labute approximate surface area is 110 Å². The molecule has 1 nitrogen and oxygen atoms in total. The quantitative estimate of drug-likeness (QED) is 0.804. The van der Waals surface area contributed by atoms with Crippen molar-refractivity contribution < 1.29 is 0 Å². The first kappa shape index (κ1) is 12.9. The monoisotopic (exact) mass is 251 g/mol. The molecule has 0 saturated heterocycles. The highest BCUT2D eigenvalue weighted by Crippen LogP contribution is 2.27. The van der Waals surface area contributed by atoms with Gasteiger partial charge in [-0.1, -0.05) is 37.6 Å². The van der Waals surface area contributed by atoms with E-state index >= 15 is 0 Å². The molecule has 17 heavy (non-hydrogen) atoms. The van der Waals surface area contributed by atoms with Crippen LogP contribution in [0.2, 0.25) is 5.02 Å². The van der Waals surface area contributed by atoms with Gasteiger partial charge in [0.2, 0.25) is 0 Å². The van der Waals surface area contributed by atoms with Crippen LogP contribution in [0.1, 0.15) is 38.7 Å². The first-order valence-electron chi connectivity index (χ1n) is 6.53. The van der Waals surface area contributed by atoms with Crippen molar-refractivity contribution in [3.8, 4) is 0 Å². The van der Waals surface area contributed by atoms with Gasteiger partial charge < -0.3 is 5.32 Å². The van der Waals surface area contributed by atoms with Gasteiger partial charge in [0.05, 0.1) is 0 Å². The Morgan fingerprint density at radius 3 is 2.76 bits per heavy atom. The molecule has 2 rings (SSSR count). The summed E-state index contributed by atoms with van der Waals surface area (Å²) in [5, 5.41) is 4.43. The molecule has 0 heterocycles. The zero-order chi connectivity index (χ0) is 12.3. The number of hydrogen-bond acceptors (Lipinski definition) is 1. The van der Waals surface area contributed by atoms with Crippen molar-refractivity contribution in [2.75, 3.05) is 6.54 Å². The second-order valence-corrected chi connectivity index (χ2v) is 6.39. The van der Waals surface area contributed by atoms with E-state index in [0.717, 1.165) is 24.0 Å². The third kappa shape index (κ3) is 4.69. The molecule has 1 aromatic carbocycles. The molecule has 1 fully saturated rings. The standard InChI is InChI=1S/C15H22ClN/c1-15(2,8-9-17-14-6-7-14)11-12-4-3-5-13(16)10-12/h3-5,10,14,17H,6-9,11H2,1-2H3. The Morgan fingerprint density at radius 2 is 2.12 bits per heavy atom. The Hall–Kier alpha value is -0.530. The minimum absolute atomic E-state index is 0.340. The van der Waals surface area contributed by atoms with Gasteiger partial charge in [0.1, 0.15) is 0 Å². The van der Waals surface area contributed by atoms with E-state index < -0.39 is 0 Å². The average Bonchev–Trinajstić information content (AvgIpc) is 3.00. The van der Waals surface area contributed by atoms with Gasteiger partial charge in [-0.25, -0.2) is 0 Å². The second kappa shape index (κ2) is 5.41. The van der Waals surface area contributed by atoms with Crippen molar-refractivity contribution in [3.05, 3.63) is 34.9 Å². The van der Waals surface area contributed by atoms with Crippen molar-refractivity contribution in [1.82, 2.24) is 5.32 Å². The maximum atomic E-state index is 6.02. The van der Waals surface area contributed by atoms with E-state index in [9.17, 15) is 0 Å². The highest BCUT2D eigenvalue weighted by Gasteiger charge is 2.23. The predicted molar refractivity (Wildman–Crippen MR) is 74.6 cm³/mol. The van der Waals surface area contributed by atoms with E-state index in [1.807, 2.05) is 12.1 Å². The molecule has 0 bridgehead atoms. The SMILES string of the molecule is CC(C)(CCNC1CC1)Cc1cccc(Cl)c1. The van der Waals surface area contributed by atoms with E-state index in [0.29, 0.717) is 5.41 Å². The van der Waals surface area contributed by atoms with Gasteiger partial charge in [-0.2, -0.15) is 0 Å². The molecule has 0 atom stereocenters. The maximum absolute atomic E-state index is 6.02. The van der Waals surface area contributed by atoms with Gasteiger partial charge in [0.15, 0.2) is 0 Å². The van der Waals surface area contributed by atoms with Gasteiger partial charge in [-0.05, 0) is 55.3 Å². The first-order valence-corrected chi connectivity index (χ1v) is 6.91. The summed E-state index contributed by atoms with van der Waals surface area (Å²) in [4.78, 5) is 0. The predicted octanol–water partition coefficient (Wildman–Crippen LogP) is 4.05. The number of rotatable bonds is 6. The van der Waals surface area contributed by atoms with Crippen molar-refractivity contribution in [2.45, 2.75) is 45.6 Å². The fourth-order valence-electron chi connectivity index (χ4n) is 2.19. The van der Waals surface area contributed by atoms with Gasteiger partial charge in [0.25, 0.3) is 0 Å². The Kier molecular flexibility index (Phi) is 4.11. The zero-order valence-corrected chi connectivity index (χ0v) is 11.6. The lowest BCUT2D eigenvalue weighted by Crippen LogP contribution is -2.25. The molecule has 1 aliphatic carbocycles. The van der Waals surface area contributed by atoms with Crippen molar-refractivity contribution in [3.63, 3.8) is 0 Å². The van der Waals surface area contributed by atoms with Crippen molar-refractivity contribution in [1.29, 1.82) is 0 Å². The van der Waals surface area contributed by atoms with Crippen LogP contribution in [-0.4, -0.2) is 12.6 Å². The summed E-state index contributed by atoms with van der Waals surface area (Å²) in [5.74, 6) is 0. The topological polar surface area (TPSA) is 12.0 Å². The molecular formula is C15H22ClN. The molecule has 1 aromatic rings. The van der Waals surface area contributed by atoms with Gasteiger partial charge in [0, 0.05) is 11.1 Å². The summed E-state index contributed by atoms with van der Waals surface area (Å²) in [7, 11) is 0. The van der Waals surface area contributed by atoms with Gasteiger partial charge in [-0.3, -0.25) is 0 Å². The van der Waals surface area contributed by atoms with E-state index in [2.05, 4.69) is 31.3 Å². The highest BCUT2D eigenvalue weighted by molar-refractivity contribution is 6.30. The molecule has 0 unspecified atom stereocenters. The number of halogens is 1. The first-order chi connectivity index (χ1) is 8.05. The highest BCUT2D eigenvalue weighted by atomic mass is 35.5. The smallest absolute Gasteiger partial charge is 0.0408 e. The van der Waals surface area contributed by atoms with Crippen molar-refractivity contribution >= 4 is 11.6 Å². The lowest BCUT2D eigenvalue weighted by Gasteiger charge is -2.25. The second-order valence-electron chi connectivity index (χ2n) is 5.95. The van der Waals surface area contributed by atoms with Gasteiger partial charge in [-0.15, -0.1) is 0 Å². The fraction of sp³-hybridized carbons (Fsp3) is 0.600. The van der Waals surface area contributed by atoms with E-state index in [1.54, 1.807) is 0 Å². The minimum atomic E-state index is 0.340. The van der Waals surface area contributed by atoms with Crippen LogP contribution in [0.4, 0.5) is 0 Å². The Morgan fingerprint density at radius 1 is 1.35 bits per heavy atom. The number of nitrogens with one attached hydrogen (secondary N) is 1. The zero-order valence-electron chi connectivity index (χ0n) is 10.8. The Bertz CT molecular complexity index is 369. The van der Waals surface area contributed by atoms with Crippen LogP contribution in [0.3, 0.4) is 0 Å². The molecule has 94 valence electrons. The van der Waals surface area contributed by atoms with Crippen LogP contribution >= 0.6 is 11.6 Å². The molecule has 0 aliphatic heterocycles. The lowest BCUT2D eigenvalue weighted by atomic mass is 9.82. The molecule has 0 spiro atoms. The summed E-state index contributed by atoms with van der Waals surface area (Å²) < 4.78 is 0. The average molecular weight is 252 g/mol. The summed E-state index contributed by atoms with van der Waals surface area (Å²) in [5.41, 5.74) is 1.68. The van der Waals surface area contributed by atoms with Crippen LogP contribution in [0, 0.1) is 5.41 Å². The van der Waals surface area contributed by atoms with Gasteiger partial charge >= 0.3 is 0 Å². The summed E-state index contributed by atoms with van der Waals surface area (Å²) in [6.07, 6.45) is 5.05. The Balaban J connectivity index is 1.82. The third-order valence-corrected chi connectivity index (χ3v) is 3.62. The van der Waals surface area contributed by atoms with Crippen LogP contribution in [0.5, 0.6) is 0 Å². The van der Waals surface area contributed by atoms with Crippen LogP contribution in [-0.2, 0) is 6.42 Å². The maximum Gasteiger partial charge on any atom is 0.0408 e. The third-order valence-electron chi connectivity index (χ3n) is 3.38. The molecule has 2 heteroatoms. The molecule has 1 aliphatic rings. The largest absolute Gasteiger partial charge is 0.314 e. The van der Waals surface area contributed by atoms with Crippen molar-refractivity contribution in [2.24, 2.45) is 5.41 Å². The molecule has 0 radical (unpaired) electrons. The van der Waals surface area contributed by atoms with Crippen LogP contribution in [0.25, 0.3) is 0 Å². The fourth-order valence-corrected chi connectivity index (χ4v) is 2.40. The molecule has 1 N–H and O–H groups in total. The molecule has 0 aromatic heterocycles. The number of hydrogen-bond donors (Lipinski definition) is 1. The van der Waals surface area contributed by atoms with E-state index in [1.165, 1.54) is 24.8 Å². The van der Waals surface area contributed by atoms with Crippen LogP contribution in [0.15, 0.2) is 24.3 Å². The number of benzene rings is 1.